The van der Waals surface area contributed by atoms with E-state index in [1.54, 1.807) is 7.11 Å². The number of rotatable bonds is 4. The molecule has 3 N–H and O–H groups in total. The second-order valence-corrected chi connectivity index (χ2v) is 6.31. The number of hydrogen-bond donors (Lipinski definition) is 2. The van der Waals surface area contributed by atoms with Crippen molar-refractivity contribution in [3.05, 3.63) is 65.2 Å². The van der Waals surface area contributed by atoms with Crippen molar-refractivity contribution < 1.29 is 4.74 Å². The molecule has 4 nitrogen and oxygen atoms in total. The smallest absolute Gasteiger partial charge is 0.193 e. The Morgan fingerprint density at radius 2 is 2.00 bits per heavy atom. The topological polar surface area (TPSA) is 59.6 Å². The fourth-order valence-electron chi connectivity index (χ4n) is 3.75. The molecule has 1 saturated carbocycles. The lowest BCUT2D eigenvalue weighted by atomic mass is 10.1. The summed E-state index contributed by atoms with van der Waals surface area (Å²) >= 11 is 0. The molecule has 3 atom stereocenters. The van der Waals surface area contributed by atoms with E-state index in [2.05, 4.69) is 29.6 Å². The third-order valence-corrected chi connectivity index (χ3v) is 4.86. The lowest BCUT2D eigenvalue weighted by Gasteiger charge is -2.11. The predicted molar refractivity (Wildman–Crippen MR) is 92.6 cm³/mol. The summed E-state index contributed by atoms with van der Waals surface area (Å²) in [6.45, 7) is 0.554. The average Bonchev–Trinajstić information content (AvgIpc) is 3.06. The van der Waals surface area contributed by atoms with Gasteiger partial charge in [-0.25, -0.2) is 4.99 Å². The number of ether oxygens (including phenoxy) is 1. The molecule has 1 fully saturated rings. The molecule has 0 aliphatic heterocycles. The van der Waals surface area contributed by atoms with Gasteiger partial charge in [-0.15, -0.1) is 0 Å². The van der Waals surface area contributed by atoms with Gasteiger partial charge in [0.2, 0.25) is 0 Å². The summed E-state index contributed by atoms with van der Waals surface area (Å²) in [5.74, 6) is 1.67. The lowest BCUT2D eigenvalue weighted by molar-refractivity contribution is 0.185. The Hall–Kier alpha value is -2.33. The molecule has 0 spiro atoms. The van der Waals surface area contributed by atoms with Crippen LogP contribution in [-0.4, -0.2) is 19.1 Å². The summed E-state index contributed by atoms with van der Waals surface area (Å²) in [5.41, 5.74) is 11.1. The Bertz CT molecular complexity index is 756. The van der Waals surface area contributed by atoms with Crippen LogP contribution in [0.15, 0.2) is 53.5 Å². The van der Waals surface area contributed by atoms with E-state index in [9.17, 15) is 0 Å². The molecule has 2 aromatic rings. The van der Waals surface area contributed by atoms with E-state index in [1.807, 2.05) is 24.3 Å². The largest absolute Gasteiger partial charge is 0.380 e. The number of aliphatic imine (C=N–C) groups is 1. The van der Waals surface area contributed by atoms with Crippen LogP contribution in [0.4, 0.5) is 5.69 Å². The number of nitrogens with zero attached hydrogens (tertiary/aromatic N) is 1. The number of nitrogens with one attached hydrogen (secondary N) is 1. The van der Waals surface area contributed by atoms with Crippen molar-refractivity contribution in [3.63, 3.8) is 0 Å². The standard InChI is InChI=1S/C19H21N3O/c1-23-11-13-7-3-5-9-16(13)21-19(20)22-18-15-10-12-6-2-4-8-14(12)17(15)18/h2-9,15,17-18H,10-11H2,1H3,(H3,20,21,22). The van der Waals surface area contributed by atoms with E-state index in [4.69, 9.17) is 15.5 Å². The summed E-state index contributed by atoms with van der Waals surface area (Å²) in [4.78, 5) is 4.71. The molecule has 0 radical (unpaired) electrons. The van der Waals surface area contributed by atoms with Gasteiger partial charge in [0, 0.05) is 24.3 Å². The molecule has 0 aromatic heterocycles. The fraction of sp³-hybridized carbons (Fsp3) is 0.316. The van der Waals surface area contributed by atoms with Crippen LogP contribution in [0.5, 0.6) is 0 Å². The quantitative estimate of drug-likeness (QED) is 0.674. The van der Waals surface area contributed by atoms with Crippen LogP contribution in [-0.2, 0) is 17.8 Å². The van der Waals surface area contributed by atoms with Crippen LogP contribution in [0.1, 0.15) is 22.6 Å². The Labute approximate surface area is 136 Å². The Balaban J connectivity index is 1.48. The minimum absolute atomic E-state index is 0.326. The number of nitrogens with two attached hydrogens (primary N) is 1. The first-order chi connectivity index (χ1) is 11.3. The van der Waals surface area contributed by atoms with Crippen molar-refractivity contribution >= 4 is 11.6 Å². The van der Waals surface area contributed by atoms with Crippen molar-refractivity contribution in [2.24, 2.45) is 16.6 Å². The van der Waals surface area contributed by atoms with Crippen LogP contribution >= 0.6 is 0 Å². The van der Waals surface area contributed by atoms with Gasteiger partial charge >= 0.3 is 0 Å². The molecule has 0 heterocycles. The molecule has 4 rings (SSSR count). The summed E-state index contributed by atoms with van der Waals surface area (Å²) in [5, 5.41) is 3.23. The second kappa shape index (κ2) is 5.70. The number of fused-ring (bicyclic) bond motifs is 3. The third-order valence-electron chi connectivity index (χ3n) is 4.86. The van der Waals surface area contributed by atoms with Crippen molar-refractivity contribution in [3.8, 4) is 0 Å². The van der Waals surface area contributed by atoms with E-state index < -0.39 is 0 Å². The predicted octanol–water partition coefficient (Wildman–Crippen LogP) is 2.90. The first kappa shape index (κ1) is 14.3. The molecule has 3 unspecified atom stereocenters. The zero-order chi connectivity index (χ0) is 15.8. The highest BCUT2D eigenvalue weighted by Gasteiger charge is 2.55. The molecule has 0 amide bonds. The molecule has 2 aliphatic carbocycles. The molecule has 118 valence electrons. The lowest BCUT2D eigenvalue weighted by Crippen LogP contribution is -2.24. The van der Waals surface area contributed by atoms with Gasteiger partial charge in [0.1, 0.15) is 0 Å². The van der Waals surface area contributed by atoms with Crippen molar-refractivity contribution in [1.82, 2.24) is 0 Å². The highest BCUT2D eigenvalue weighted by atomic mass is 16.5. The van der Waals surface area contributed by atoms with Gasteiger partial charge < -0.3 is 15.8 Å². The number of para-hydroxylation sites is 1. The van der Waals surface area contributed by atoms with Gasteiger partial charge in [0.25, 0.3) is 0 Å². The molecule has 4 heteroatoms. The van der Waals surface area contributed by atoms with E-state index in [0.29, 0.717) is 30.4 Å². The maximum atomic E-state index is 6.13. The third kappa shape index (κ3) is 2.59. The first-order valence-electron chi connectivity index (χ1n) is 8.03. The summed E-state index contributed by atoms with van der Waals surface area (Å²) in [6.07, 6.45) is 1.13. The monoisotopic (exact) mass is 307 g/mol. The van der Waals surface area contributed by atoms with Crippen LogP contribution < -0.4 is 11.1 Å². The zero-order valence-electron chi connectivity index (χ0n) is 13.2. The molecule has 23 heavy (non-hydrogen) atoms. The van der Waals surface area contributed by atoms with Gasteiger partial charge in [0.05, 0.1) is 12.6 Å². The number of guanidine groups is 1. The van der Waals surface area contributed by atoms with E-state index >= 15 is 0 Å². The van der Waals surface area contributed by atoms with Gasteiger partial charge in [-0.3, -0.25) is 0 Å². The van der Waals surface area contributed by atoms with Crippen LogP contribution in [0.3, 0.4) is 0 Å². The van der Waals surface area contributed by atoms with Crippen LogP contribution in [0.2, 0.25) is 0 Å². The molecule has 0 saturated heterocycles. The van der Waals surface area contributed by atoms with Crippen molar-refractivity contribution in [1.29, 1.82) is 0 Å². The normalized spacial score (nSPS) is 24.9. The fourth-order valence-corrected chi connectivity index (χ4v) is 3.75. The minimum atomic E-state index is 0.326. The van der Waals surface area contributed by atoms with Crippen LogP contribution in [0.25, 0.3) is 0 Å². The van der Waals surface area contributed by atoms with Gasteiger partial charge in [-0.05, 0) is 29.5 Å². The van der Waals surface area contributed by atoms with Gasteiger partial charge in [-0.1, -0.05) is 42.5 Å². The Morgan fingerprint density at radius 3 is 2.87 bits per heavy atom. The SMILES string of the molecule is COCc1ccccc1NC(N)=NC1C2Cc3ccccc3C21. The highest BCUT2D eigenvalue weighted by molar-refractivity contribution is 5.93. The van der Waals surface area contributed by atoms with Gasteiger partial charge in [0.15, 0.2) is 5.96 Å². The number of methoxy groups -OCH3 is 1. The number of benzene rings is 2. The summed E-state index contributed by atoms with van der Waals surface area (Å²) in [7, 11) is 1.69. The molecular weight excluding hydrogens is 286 g/mol. The highest BCUT2D eigenvalue weighted by Crippen LogP contribution is 2.58. The Kier molecular flexibility index (Phi) is 3.54. The minimum Gasteiger partial charge on any atom is -0.380 e. The zero-order valence-corrected chi connectivity index (χ0v) is 13.2. The van der Waals surface area contributed by atoms with Crippen molar-refractivity contribution in [2.45, 2.75) is 25.0 Å². The molecule has 2 aromatic carbocycles. The summed E-state index contributed by atoms with van der Waals surface area (Å²) in [6, 6.07) is 17.0. The van der Waals surface area contributed by atoms with E-state index in [1.165, 1.54) is 11.1 Å². The second-order valence-electron chi connectivity index (χ2n) is 6.31. The number of anilines is 1. The van der Waals surface area contributed by atoms with Crippen molar-refractivity contribution in [2.75, 3.05) is 12.4 Å². The van der Waals surface area contributed by atoms with Crippen LogP contribution in [0, 0.1) is 5.92 Å². The average molecular weight is 307 g/mol. The van der Waals surface area contributed by atoms with E-state index in [-0.39, 0.29) is 0 Å². The number of hydrogen-bond acceptors (Lipinski definition) is 2. The summed E-state index contributed by atoms with van der Waals surface area (Å²) < 4.78 is 5.22. The Morgan fingerprint density at radius 1 is 1.22 bits per heavy atom. The molecule has 2 aliphatic rings. The van der Waals surface area contributed by atoms with Gasteiger partial charge in [-0.2, -0.15) is 0 Å². The molecule has 0 bridgehead atoms. The maximum Gasteiger partial charge on any atom is 0.193 e. The first-order valence-corrected chi connectivity index (χ1v) is 8.03. The maximum absolute atomic E-state index is 6.13. The molecular formula is C19H21N3O. The van der Waals surface area contributed by atoms with E-state index in [0.717, 1.165) is 17.7 Å².